The second kappa shape index (κ2) is 3.10. The van der Waals surface area contributed by atoms with Gasteiger partial charge < -0.3 is 15.8 Å². The molecule has 4 heteroatoms. The fourth-order valence-corrected chi connectivity index (χ4v) is 1.85. The lowest BCUT2D eigenvalue weighted by molar-refractivity contribution is 0.227. The number of halogens is 1. The smallest absolute Gasteiger partial charge is 0.165 e. The van der Waals surface area contributed by atoms with E-state index >= 15 is 0 Å². The normalized spacial score (nSPS) is 20.0. The molecular weight excluding hydrogens is 232 g/mol. The predicted molar refractivity (Wildman–Crippen MR) is 57.1 cm³/mol. The molecular formula is C9H11BrN2O. The Hall–Kier alpha value is -0.900. The molecule has 13 heavy (non-hydrogen) atoms. The van der Waals surface area contributed by atoms with Crippen LogP contribution in [0.1, 0.15) is 6.92 Å². The highest BCUT2D eigenvalue weighted by molar-refractivity contribution is 9.10. The van der Waals surface area contributed by atoms with E-state index in [9.17, 15) is 0 Å². The number of nitrogens with one attached hydrogen (secondary N) is 1. The molecule has 0 saturated heterocycles. The largest absolute Gasteiger partial charge is 0.485 e. The Bertz CT molecular complexity index is 341. The number of anilines is 2. The zero-order valence-corrected chi connectivity index (χ0v) is 8.89. The Kier molecular flexibility index (Phi) is 2.07. The van der Waals surface area contributed by atoms with Crippen molar-refractivity contribution >= 4 is 27.3 Å². The van der Waals surface area contributed by atoms with Crippen LogP contribution in [0, 0.1) is 0 Å². The number of benzene rings is 1. The first-order valence-electron chi connectivity index (χ1n) is 4.16. The molecule has 2 rings (SSSR count). The molecule has 1 aliphatic heterocycles. The van der Waals surface area contributed by atoms with Gasteiger partial charge in [0, 0.05) is 4.47 Å². The van der Waals surface area contributed by atoms with Crippen molar-refractivity contribution in [1.29, 1.82) is 0 Å². The van der Waals surface area contributed by atoms with Crippen LogP contribution in [0.5, 0.6) is 5.75 Å². The first-order chi connectivity index (χ1) is 6.16. The van der Waals surface area contributed by atoms with Crippen molar-refractivity contribution in [2.24, 2.45) is 0 Å². The van der Waals surface area contributed by atoms with Gasteiger partial charge in [-0.1, -0.05) is 15.9 Å². The van der Waals surface area contributed by atoms with Crippen LogP contribution in [0.3, 0.4) is 0 Å². The molecule has 0 fully saturated rings. The van der Waals surface area contributed by atoms with Crippen molar-refractivity contribution in [3.8, 4) is 5.75 Å². The van der Waals surface area contributed by atoms with Gasteiger partial charge in [-0.2, -0.15) is 0 Å². The molecule has 1 heterocycles. The van der Waals surface area contributed by atoms with Gasteiger partial charge in [0.05, 0.1) is 17.9 Å². The van der Waals surface area contributed by atoms with Gasteiger partial charge in [-0.25, -0.2) is 0 Å². The topological polar surface area (TPSA) is 47.3 Å². The number of hydrogen-bond donors (Lipinski definition) is 2. The molecule has 1 aromatic carbocycles. The van der Waals surface area contributed by atoms with E-state index in [1.165, 1.54) is 0 Å². The van der Waals surface area contributed by atoms with Gasteiger partial charge in [0.2, 0.25) is 0 Å². The van der Waals surface area contributed by atoms with Gasteiger partial charge in [0.15, 0.2) is 5.75 Å². The lowest BCUT2D eigenvalue weighted by atomic mass is 10.2. The van der Waals surface area contributed by atoms with Crippen molar-refractivity contribution in [3.63, 3.8) is 0 Å². The first-order valence-corrected chi connectivity index (χ1v) is 4.95. The molecule has 1 atom stereocenters. The minimum absolute atomic E-state index is 0.177. The highest BCUT2D eigenvalue weighted by Gasteiger charge is 2.18. The number of fused-ring (bicyclic) bond motifs is 1. The summed E-state index contributed by atoms with van der Waals surface area (Å²) in [6, 6.07) is 3.82. The standard InChI is InChI=1S/C9H11BrN2O/c1-5-4-12-8-3-6(10)2-7(11)9(8)13-5/h2-3,5,12H,4,11H2,1H3. The van der Waals surface area contributed by atoms with Gasteiger partial charge in [-0.3, -0.25) is 0 Å². The van der Waals surface area contributed by atoms with Crippen LogP contribution in [0.4, 0.5) is 11.4 Å². The fourth-order valence-electron chi connectivity index (χ4n) is 1.37. The number of ether oxygens (including phenoxy) is 1. The summed E-state index contributed by atoms with van der Waals surface area (Å²) in [5.74, 6) is 0.766. The zero-order chi connectivity index (χ0) is 9.42. The SMILES string of the molecule is CC1CNc2cc(Br)cc(N)c2O1. The molecule has 0 bridgehead atoms. The van der Waals surface area contributed by atoms with Crippen molar-refractivity contribution < 1.29 is 4.74 Å². The van der Waals surface area contributed by atoms with Crippen LogP contribution < -0.4 is 15.8 Å². The Morgan fingerprint density at radius 3 is 3.15 bits per heavy atom. The Balaban J connectivity index is 2.47. The molecule has 1 aromatic rings. The average molecular weight is 243 g/mol. The van der Waals surface area contributed by atoms with Crippen LogP contribution in [0.25, 0.3) is 0 Å². The maximum atomic E-state index is 5.81. The van der Waals surface area contributed by atoms with Gasteiger partial charge in [0.25, 0.3) is 0 Å². The molecule has 3 nitrogen and oxygen atoms in total. The summed E-state index contributed by atoms with van der Waals surface area (Å²) in [6.07, 6.45) is 0.177. The van der Waals surface area contributed by atoms with Gasteiger partial charge >= 0.3 is 0 Å². The summed E-state index contributed by atoms with van der Waals surface area (Å²) in [6.45, 7) is 2.83. The van der Waals surface area contributed by atoms with E-state index in [0.717, 1.165) is 22.5 Å². The number of hydrogen-bond acceptors (Lipinski definition) is 3. The van der Waals surface area contributed by atoms with Crippen molar-refractivity contribution in [1.82, 2.24) is 0 Å². The van der Waals surface area contributed by atoms with E-state index < -0.39 is 0 Å². The molecule has 3 N–H and O–H groups in total. The van der Waals surface area contributed by atoms with E-state index in [4.69, 9.17) is 10.5 Å². The lowest BCUT2D eigenvalue weighted by Crippen LogP contribution is -2.28. The third-order valence-electron chi connectivity index (χ3n) is 1.98. The summed E-state index contributed by atoms with van der Waals surface area (Å²) in [5.41, 5.74) is 7.44. The fraction of sp³-hybridized carbons (Fsp3) is 0.333. The predicted octanol–water partition coefficient (Wildman–Crippen LogP) is 2.22. The van der Waals surface area contributed by atoms with E-state index in [2.05, 4.69) is 21.2 Å². The van der Waals surface area contributed by atoms with E-state index in [0.29, 0.717) is 5.69 Å². The summed E-state index contributed by atoms with van der Waals surface area (Å²) in [7, 11) is 0. The zero-order valence-electron chi connectivity index (χ0n) is 7.30. The highest BCUT2D eigenvalue weighted by Crippen LogP contribution is 2.37. The molecule has 1 aliphatic rings. The molecule has 0 amide bonds. The second-order valence-corrected chi connectivity index (χ2v) is 4.10. The molecule has 0 aliphatic carbocycles. The van der Waals surface area contributed by atoms with Crippen LogP contribution in [-0.2, 0) is 0 Å². The molecule has 0 radical (unpaired) electrons. The second-order valence-electron chi connectivity index (χ2n) is 3.18. The van der Waals surface area contributed by atoms with Gasteiger partial charge in [-0.15, -0.1) is 0 Å². The first kappa shape index (κ1) is 8.69. The lowest BCUT2D eigenvalue weighted by Gasteiger charge is -2.26. The number of nitrogens with two attached hydrogens (primary N) is 1. The Labute approximate surface area is 85.4 Å². The summed E-state index contributed by atoms with van der Waals surface area (Å²) in [5, 5.41) is 3.26. The van der Waals surface area contributed by atoms with E-state index in [1.807, 2.05) is 19.1 Å². The molecule has 1 unspecified atom stereocenters. The minimum atomic E-state index is 0.177. The van der Waals surface area contributed by atoms with E-state index in [1.54, 1.807) is 0 Å². The summed E-state index contributed by atoms with van der Waals surface area (Å²) >= 11 is 3.38. The van der Waals surface area contributed by atoms with Crippen LogP contribution in [0.15, 0.2) is 16.6 Å². The molecule has 70 valence electrons. The average Bonchev–Trinajstić information content (AvgIpc) is 2.06. The van der Waals surface area contributed by atoms with Crippen molar-refractivity contribution in [3.05, 3.63) is 16.6 Å². The Morgan fingerprint density at radius 2 is 2.38 bits per heavy atom. The van der Waals surface area contributed by atoms with E-state index in [-0.39, 0.29) is 6.10 Å². The van der Waals surface area contributed by atoms with Gasteiger partial charge in [0.1, 0.15) is 6.10 Å². The van der Waals surface area contributed by atoms with Gasteiger partial charge in [-0.05, 0) is 19.1 Å². The number of rotatable bonds is 0. The third kappa shape index (κ3) is 1.58. The number of nitrogen functional groups attached to an aromatic ring is 1. The molecule has 0 aromatic heterocycles. The quantitative estimate of drug-likeness (QED) is 0.687. The third-order valence-corrected chi connectivity index (χ3v) is 2.44. The maximum Gasteiger partial charge on any atom is 0.165 e. The Morgan fingerprint density at radius 1 is 1.62 bits per heavy atom. The monoisotopic (exact) mass is 242 g/mol. The summed E-state index contributed by atoms with van der Waals surface area (Å²) < 4.78 is 6.58. The van der Waals surface area contributed by atoms with Crippen molar-refractivity contribution in [2.45, 2.75) is 13.0 Å². The molecule has 0 spiro atoms. The molecule has 0 saturated carbocycles. The van der Waals surface area contributed by atoms with Crippen LogP contribution in [0.2, 0.25) is 0 Å². The minimum Gasteiger partial charge on any atom is -0.485 e. The maximum absolute atomic E-state index is 5.81. The van der Waals surface area contributed by atoms with Crippen molar-refractivity contribution in [2.75, 3.05) is 17.6 Å². The van der Waals surface area contributed by atoms with Crippen LogP contribution in [-0.4, -0.2) is 12.6 Å². The summed E-state index contributed by atoms with van der Waals surface area (Å²) in [4.78, 5) is 0. The highest BCUT2D eigenvalue weighted by atomic mass is 79.9. The van der Waals surface area contributed by atoms with Crippen LogP contribution >= 0.6 is 15.9 Å².